The molecule has 1 aromatic rings. The van der Waals surface area contributed by atoms with E-state index in [1.807, 2.05) is 0 Å². The van der Waals surface area contributed by atoms with E-state index < -0.39 is 16.9 Å². The van der Waals surface area contributed by atoms with Crippen molar-refractivity contribution in [2.45, 2.75) is 12.5 Å². The van der Waals surface area contributed by atoms with Gasteiger partial charge in [0.1, 0.15) is 11.8 Å². The van der Waals surface area contributed by atoms with E-state index in [1.165, 1.54) is 25.3 Å². The average Bonchev–Trinajstić information content (AvgIpc) is 2.85. The average molecular weight is 280 g/mol. The predicted molar refractivity (Wildman–Crippen MR) is 68.0 cm³/mol. The van der Waals surface area contributed by atoms with E-state index in [0.29, 0.717) is 5.75 Å². The normalized spacial score (nSPS) is 17.4. The molecule has 1 aliphatic heterocycles. The van der Waals surface area contributed by atoms with Crippen molar-refractivity contribution >= 4 is 23.2 Å². The fraction of sp³-hybridized carbons (Fsp3) is 0.273. The molecule has 0 aromatic heterocycles. The Morgan fingerprint density at radius 2 is 2.30 bits per heavy atom. The lowest BCUT2D eigenvalue weighted by atomic mass is 10.2. The van der Waals surface area contributed by atoms with Gasteiger partial charge in [0.2, 0.25) is 11.8 Å². The molecule has 1 unspecified atom stereocenters. The van der Waals surface area contributed by atoms with Crippen LogP contribution in [0.1, 0.15) is 6.42 Å². The molecule has 1 atom stereocenters. The maximum absolute atomic E-state index is 11.9. The molecule has 0 spiro atoms. The second-order valence-electron chi connectivity index (χ2n) is 4.08. The number of hydrogen-bond donors (Lipinski definition) is 3. The third-order valence-electron chi connectivity index (χ3n) is 2.74. The first kappa shape index (κ1) is 13.7. The molecule has 1 saturated heterocycles. The summed E-state index contributed by atoms with van der Waals surface area (Å²) < 4.78 is 5.02. The summed E-state index contributed by atoms with van der Waals surface area (Å²) >= 11 is 0. The molecule has 0 bridgehead atoms. The van der Waals surface area contributed by atoms with Crippen molar-refractivity contribution < 1.29 is 19.2 Å². The van der Waals surface area contributed by atoms with Crippen molar-refractivity contribution in [1.29, 1.82) is 0 Å². The molecule has 1 aromatic carbocycles. The number of nitro benzene ring substituents is 1. The minimum Gasteiger partial charge on any atom is -0.495 e. The number of rotatable bonds is 4. The minimum atomic E-state index is -0.730. The highest BCUT2D eigenvalue weighted by atomic mass is 16.6. The quantitative estimate of drug-likeness (QED) is 0.524. The van der Waals surface area contributed by atoms with Crippen LogP contribution in [0.5, 0.6) is 5.75 Å². The number of methoxy groups -OCH3 is 1. The molecule has 9 heteroatoms. The Bertz CT molecular complexity index is 574. The highest BCUT2D eigenvalue weighted by Gasteiger charge is 2.28. The van der Waals surface area contributed by atoms with Crippen molar-refractivity contribution in [3.05, 3.63) is 28.3 Å². The molecule has 1 fully saturated rings. The largest absolute Gasteiger partial charge is 0.495 e. The maximum atomic E-state index is 11.9. The van der Waals surface area contributed by atoms with Crippen LogP contribution in [0, 0.1) is 10.1 Å². The third kappa shape index (κ3) is 2.83. The van der Waals surface area contributed by atoms with Crippen LogP contribution < -0.4 is 20.9 Å². The summed E-state index contributed by atoms with van der Waals surface area (Å²) in [5, 5.41) is 13.2. The second-order valence-corrected chi connectivity index (χ2v) is 4.08. The van der Waals surface area contributed by atoms with Crippen LogP contribution >= 0.6 is 0 Å². The highest BCUT2D eigenvalue weighted by molar-refractivity contribution is 6.00. The molecule has 0 aliphatic carbocycles. The summed E-state index contributed by atoms with van der Waals surface area (Å²) in [6.07, 6.45) is 0.00305. The van der Waals surface area contributed by atoms with Crippen LogP contribution in [-0.2, 0) is 9.59 Å². The third-order valence-corrected chi connectivity index (χ3v) is 2.74. The molecule has 3 N–H and O–H groups in total. The molecule has 20 heavy (non-hydrogen) atoms. The van der Waals surface area contributed by atoms with E-state index in [9.17, 15) is 19.7 Å². The standard InChI is InChI=1S/C11H12N4O5/c1-20-9-3-2-6(15(18)19)4-7(9)12-11(17)8-5-10(16)14-13-8/h2-4,8,13H,5H2,1H3,(H,12,17)(H,14,16). The minimum absolute atomic E-state index is 0.00305. The summed E-state index contributed by atoms with van der Waals surface area (Å²) in [6, 6.07) is 3.12. The van der Waals surface area contributed by atoms with Gasteiger partial charge in [-0.05, 0) is 6.07 Å². The molecule has 2 amide bonds. The molecule has 106 valence electrons. The number of nitro groups is 1. The van der Waals surface area contributed by atoms with Gasteiger partial charge in [0, 0.05) is 12.1 Å². The van der Waals surface area contributed by atoms with Gasteiger partial charge in [-0.2, -0.15) is 0 Å². The number of hydrazine groups is 1. The number of ether oxygens (including phenoxy) is 1. The van der Waals surface area contributed by atoms with E-state index in [-0.39, 0.29) is 23.7 Å². The van der Waals surface area contributed by atoms with E-state index in [0.717, 1.165) is 0 Å². The predicted octanol–water partition coefficient (Wildman–Crippen LogP) is -0.0650. The Morgan fingerprint density at radius 1 is 1.55 bits per heavy atom. The fourth-order valence-electron chi connectivity index (χ4n) is 1.74. The summed E-state index contributed by atoms with van der Waals surface area (Å²) in [6.45, 7) is 0. The first-order chi connectivity index (χ1) is 9.51. The molecule has 0 saturated carbocycles. The van der Waals surface area contributed by atoms with Crippen molar-refractivity contribution in [2.75, 3.05) is 12.4 Å². The Hall–Kier alpha value is -2.68. The Kier molecular flexibility index (Phi) is 3.80. The highest BCUT2D eigenvalue weighted by Crippen LogP contribution is 2.29. The number of carbonyl (C=O) groups is 2. The van der Waals surface area contributed by atoms with Crippen LogP contribution in [0.25, 0.3) is 0 Å². The summed E-state index contributed by atoms with van der Waals surface area (Å²) in [5.74, 6) is -0.487. The lowest BCUT2D eigenvalue weighted by Gasteiger charge is -2.12. The van der Waals surface area contributed by atoms with Crippen molar-refractivity contribution in [1.82, 2.24) is 10.9 Å². The van der Waals surface area contributed by atoms with E-state index in [4.69, 9.17) is 4.74 Å². The van der Waals surface area contributed by atoms with Crippen molar-refractivity contribution in [3.63, 3.8) is 0 Å². The number of anilines is 1. The molecule has 0 radical (unpaired) electrons. The number of non-ortho nitro benzene ring substituents is 1. The Balaban J connectivity index is 2.18. The number of nitrogens with one attached hydrogen (secondary N) is 3. The number of hydrogen-bond acceptors (Lipinski definition) is 6. The van der Waals surface area contributed by atoms with Gasteiger partial charge in [0.15, 0.2) is 0 Å². The molecule has 1 heterocycles. The van der Waals surface area contributed by atoms with E-state index in [2.05, 4.69) is 16.2 Å². The Morgan fingerprint density at radius 3 is 2.85 bits per heavy atom. The van der Waals surface area contributed by atoms with Crippen LogP contribution in [-0.4, -0.2) is 29.9 Å². The van der Waals surface area contributed by atoms with Crippen LogP contribution in [0.15, 0.2) is 18.2 Å². The van der Waals surface area contributed by atoms with Gasteiger partial charge in [-0.1, -0.05) is 0 Å². The van der Waals surface area contributed by atoms with Gasteiger partial charge < -0.3 is 10.1 Å². The topological polar surface area (TPSA) is 123 Å². The van der Waals surface area contributed by atoms with Gasteiger partial charge in [0.05, 0.1) is 24.1 Å². The van der Waals surface area contributed by atoms with Gasteiger partial charge in [-0.25, -0.2) is 5.43 Å². The molecular formula is C11H12N4O5. The number of nitrogens with zero attached hydrogens (tertiary/aromatic N) is 1. The maximum Gasteiger partial charge on any atom is 0.271 e. The number of amides is 2. The van der Waals surface area contributed by atoms with Crippen molar-refractivity contribution in [3.8, 4) is 5.75 Å². The van der Waals surface area contributed by atoms with E-state index in [1.54, 1.807) is 0 Å². The van der Waals surface area contributed by atoms with Crippen LogP contribution in [0.4, 0.5) is 11.4 Å². The first-order valence-corrected chi connectivity index (χ1v) is 5.69. The van der Waals surface area contributed by atoms with Gasteiger partial charge in [-0.15, -0.1) is 0 Å². The molecule has 2 rings (SSSR count). The van der Waals surface area contributed by atoms with Gasteiger partial charge >= 0.3 is 0 Å². The molecule has 1 aliphatic rings. The zero-order valence-corrected chi connectivity index (χ0v) is 10.5. The zero-order chi connectivity index (χ0) is 14.7. The summed E-state index contributed by atoms with van der Waals surface area (Å²) in [5.41, 5.74) is 4.82. The first-order valence-electron chi connectivity index (χ1n) is 5.69. The molecular weight excluding hydrogens is 268 g/mol. The number of benzene rings is 1. The Labute approximate surface area is 113 Å². The number of carbonyl (C=O) groups excluding carboxylic acids is 2. The molecule has 9 nitrogen and oxygen atoms in total. The monoisotopic (exact) mass is 280 g/mol. The van der Waals surface area contributed by atoms with Gasteiger partial charge in [-0.3, -0.25) is 25.1 Å². The van der Waals surface area contributed by atoms with Gasteiger partial charge in [0.25, 0.3) is 5.69 Å². The van der Waals surface area contributed by atoms with Crippen molar-refractivity contribution in [2.24, 2.45) is 0 Å². The van der Waals surface area contributed by atoms with E-state index >= 15 is 0 Å². The fourth-order valence-corrected chi connectivity index (χ4v) is 1.74. The zero-order valence-electron chi connectivity index (χ0n) is 10.5. The lowest BCUT2D eigenvalue weighted by molar-refractivity contribution is -0.384. The second kappa shape index (κ2) is 5.53. The van der Waals surface area contributed by atoms with Crippen LogP contribution in [0.2, 0.25) is 0 Å². The lowest BCUT2D eigenvalue weighted by Crippen LogP contribution is -2.39. The van der Waals surface area contributed by atoms with Crippen LogP contribution in [0.3, 0.4) is 0 Å². The smallest absolute Gasteiger partial charge is 0.271 e. The summed E-state index contributed by atoms with van der Waals surface area (Å²) in [4.78, 5) is 33.1. The summed E-state index contributed by atoms with van der Waals surface area (Å²) in [7, 11) is 1.38. The SMILES string of the molecule is COc1ccc([N+](=O)[O-])cc1NC(=O)C1CC(=O)NN1.